The van der Waals surface area contributed by atoms with E-state index in [4.69, 9.17) is 11.5 Å². The van der Waals surface area contributed by atoms with E-state index in [0.29, 0.717) is 17.3 Å². The highest BCUT2D eigenvalue weighted by molar-refractivity contribution is 7.99. The molecule has 0 spiro atoms. The van der Waals surface area contributed by atoms with Gasteiger partial charge in [-0.1, -0.05) is 6.07 Å². The molecule has 19 heavy (non-hydrogen) atoms. The number of nitrogens with two attached hydrogens (primary N) is 2. The molecular formula is C14H21N3OS. The van der Waals surface area contributed by atoms with Gasteiger partial charge < -0.3 is 16.8 Å². The Hall–Kier alpha value is -1.36. The van der Waals surface area contributed by atoms with Gasteiger partial charge in [-0.3, -0.25) is 4.79 Å². The highest BCUT2D eigenvalue weighted by atomic mass is 32.2. The van der Waals surface area contributed by atoms with Crippen LogP contribution in [0.5, 0.6) is 0 Å². The average molecular weight is 279 g/mol. The second-order valence-electron chi connectivity index (χ2n) is 4.98. The summed E-state index contributed by atoms with van der Waals surface area (Å²) in [6, 6.07) is 5.82. The Kier molecular flexibility index (Phi) is 4.58. The fourth-order valence-corrected chi connectivity index (χ4v) is 3.31. The lowest BCUT2D eigenvalue weighted by molar-refractivity contribution is 0.100. The van der Waals surface area contributed by atoms with Crippen molar-refractivity contribution in [2.45, 2.75) is 37.0 Å². The van der Waals surface area contributed by atoms with Gasteiger partial charge in [0.25, 0.3) is 5.91 Å². The molecule has 0 unspecified atom stereocenters. The largest absolute Gasteiger partial charge is 0.396 e. The van der Waals surface area contributed by atoms with E-state index >= 15 is 0 Å². The molecule has 0 aliphatic heterocycles. The van der Waals surface area contributed by atoms with E-state index in [2.05, 4.69) is 11.6 Å². The maximum atomic E-state index is 11.3. The van der Waals surface area contributed by atoms with Gasteiger partial charge in [-0.05, 0) is 44.1 Å². The summed E-state index contributed by atoms with van der Waals surface area (Å²) in [4.78, 5) is 11.3. The number of hydrogen-bond acceptors (Lipinski definition) is 4. The van der Waals surface area contributed by atoms with Crippen LogP contribution in [0.25, 0.3) is 0 Å². The molecule has 1 saturated carbocycles. The van der Waals surface area contributed by atoms with Crippen LogP contribution in [0.3, 0.4) is 0 Å². The third-order valence-corrected chi connectivity index (χ3v) is 4.88. The zero-order valence-electron chi connectivity index (χ0n) is 11.2. The minimum atomic E-state index is -0.479. The molecule has 104 valence electrons. The van der Waals surface area contributed by atoms with E-state index in [1.165, 1.54) is 12.8 Å². The molecule has 5 N–H and O–H groups in total. The number of hydrogen-bond donors (Lipinski definition) is 3. The molecule has 1 aromatic rings. The molecule has 1 fully saturated rings. The first-order valence-corrected chi connectivity index (χ1v) is 7.88. The molecule has 1 aliphatic rings. The zero-order chi connectivity index (χ0) is 13.8. The molecule has 0 aromatic heterocycles. The second-order valence-corrected chi connectivity index (χ2v) is 6.12. The van der Waals surface area contributed by atoms with Crippen molar-refractivity contribution in [3.8, 4) is 0 Å². The quantitative estimate of drug-likeness (QED) is 0.739. The monoisotopic (exact) mass is 279 g/mol. The van der Waals surface area contributed by atoms with Crippen LogP contribution in [-0.4, -0.2) is 23.5 Å². The predicted molar refractivity (Wildman–Crippen MR) is 82.6 cm³/mol. The van der Waals surface area contributed by atoms with Gasteiger partial charge in [-0.15, -0.1) is 0 Å². The number of thioether (sulfide) groups is 1. The number of carbonyl (C=O) groups is 1. The second kappa shape index (κ2) is 6.19. The van der Waals surface area contributed by atoms with Crippen molar-refractivity contribution < 1.29 is 4.79 Å². The molecule has 5 heteroatoms. The van der Waals surface area contributed by atoms with Gasteiger partial charge in [-0.2, -0.15) is 11.8 Å². The predicted octanol–water partition coefficient (Wildman–Crippen LogP) is 2.45. The van der Waals surface area contributed by atoms with E-state index < -0.39 is 5.91 Å². The van der Waals surface area contributed by atoms with Gasteiger partial charge in [0, 0.05) is 11.3 Å². The number of carbonyl (C=O) groups excluding carboxylic acids is 1. The summed E-state index contributed by atoms with van der Waals surface area (Å²) < 4.78 is 0. The highest BCUT2D eigenvalue weighted by Gasteiger charge is 2.21. The highest BCUT2D eigenvalue weighted by Crippen LogP contribution is 2.30. The Morgan fingerprint density at radius 1 is 1.32 bits per heavy atom. The molecule has 0 heterocycles. The van der Waals surface area contributed by atoms with E-state index in [1.807, 2.05) is 23.9 Å². The summed E-state index contributed by atoms with van der Waals surface area (Å²) >= 11 is 1.95. The summed E-state index contributed by atoms with van der Waals surface area (Å²) in [5.41, 5.74) is 13.0. The van der Waals surface area contributed by atoms with Crippen molar-refractivity contribution in [2.24, 2.45) is 5.73 Å². The number of primary amides is 1. The van der Waals surface area contributed by atoms with Crippen LogP contribution in [0.2, 0.25) is 0 Å². The fourth-order valence-electron chi connectivity index (χ4n) is 2.57. The molecule has 1 amide bonds. The molecule has 0 bridgehead atoms. The Morgan fingerprint density at radius 2 is 2.00 bits per heavy atom. The molecule has 0 saturated heterocycles. The number of anilines is 2. The third kappa shape index (κ3) is 3.35. The van der Waals surface area contributed by atoms with E-state index in [1.54, 1.807) is 6.07 Å². The van der Waals surface area contributed by atoms with Gasteiger partial charge in [0.1, 0.15) is 0 Å². The van der Waals surface area contributed by atoms with Gasteiger partial charge in [-0.25, -0.2) is 0 Å². The fraction of sp³-hybridized carbons (Fsp3) is 0.500. The van der Waals surface area contributed by atoms with E-state index in [-0.39, 0.29) is 0 Å². The summed E-state index contributed by atoms with van der Waals surface area (Å²) in [7, 11) is 0. The normalized spacial score (nSPS) is 23.0. The molecule has 1 aromatic carbocycles. The van der Waals surface area contributed by atoms with Crippen LogP contribution in [0, 0.1) is 0 Å². The molecular weight excluding hydrogens is 258 g/mol. The number of para-hydroxylation sites is 1. The summed E-state index contributed by atoms with van der Waals surface area (Å²) in [5.74, 6) is -0.479. The first kappa shape index (κ1) is 14.1. The molecule has 0 atom stereocenters. The Bertz CT molecular complexity index is 456. The molecule has 4 nitrogen and oxygen atoms in total. The van der Waals surface area contributed by atoms with Crippen LogP contribution in [0.4, 0.5) is 11.4 Å². The topological polar surface area (TPSA) is 81.1 Å². The zero-order valence-corrected chi connectivity index (χ0v) is 12.0. The van der Waals surface area contributed by atoms with Gasteiger partial charge in [0.2, 0.25) is 0 Å². The number of nitrogen functional groups attached to an aromatic ring is 1. The van der Waals surface area contributed by atoms with Crippen LogP contribution in [0.1, 0.15) is 36.0 Å². The molecule has 0 radical (unpaired) electrons. The minimum Gasteiger partial charge on any atom is -0.396 e. The summed E-state index contributed by atoms with van der Waals surface area (Å²) in [5, 5.41) is 4.23. The minimum absolute atomic E-state index is 0.391. The molecule has 2 rings (SSSR count). The van der Waals surface area contributed by atoms with Crippen molar-refractivity contribution in [2.75, 3.05) is 17.3 Å². The van der Waals surface area contributed by atoms with Crippen LogP contribution < -0.4 is 16.8 Å². The van der Waals surface area contributed by atoms with Crippen LogP contribution in [-0.2, 0) is 0 Å². The Labute approximate surface area is 118 Å². The van der Waals surface area contributed by atoms with Crippen molar-refractivity contribution in [3.63, 3.8) is 0 Å². The Morgan fingerprint density at radius 3 is 2.58 bits per heavy atom. The van der Waals surface area contributed by atoms with E-state index in [0.717, 1.165) is 23.8 Å². The smallest absolute Gasteiger partial charge is 0.250 e. The lowest BCUT2D eigenvalue weighted by Gasteiger charge is -2.29. The number of amides is 1. The van der Waals surface area contributed by atoms with Gasteiger partial charge in [0.15, 0.2) is 0 Å². The number of nitrogens with one attached hydrogen (secondary N) is 1. The van der Waals surface area contributed by atoms with Crippen LogP contribution in [0.15, 0.2) is 18.2 Å². The van der Waals surface area contributed by atoms with Crippen molar-refractivity contribution in [3.05, 3.63) is 23.8 Å². The van der Waals surface area contributed by atoms with Crippen LogP contribution >= 0.6 is 11.8 Å². The number of benzene rings is 1. The number of rotatable bonds is 4. The van der Waals surface area contributed by atoms with Crippen molar-refractivity contribution >= 4 is 29.0 Å². The standard InChI is InChI=1S/C14H21N3OS/c1-19-10-7-5-9(6-8-10)17-12-4-2-3-11(13(12)15)14(16)18/h2-4,9-10,17H,5-8,15H2,1H3,(H2,16,18). The lowest BCUT2D eigenvalue weighted by atomic mass is 9.94. The maximum absolute atomic E-state index is 11.3. The SMILES string of the molecule is CSC1CCC(Nc2cccc(C(N)=O)c2N)CC1. The Balaban J connectivity index is 2.04. The first-order chi connectivity index (χ1) is 9.11. The maximum Gasteiger partial charge on any atom is 0.250 e. The summed E-state index contributed by atoms with van der Waals surface area (Å²) in [6.45, 7) is 0. The van der Waals surface area contributed by atoms with Crippen molar-refractivity contribution in [1.82, 2.24) is 0 Å². The van der Waals surface area contributed by atoms with E-state index in [9.17, 15) is 4.79 Å². The first-order valence-electron chi connectivity index (χ1n) is 6.59. The average Bonchev–Trinajstić information content (AvgIpc) is 2.41. The summed E-state index contributed by atoms with van der Waals surface area (Å²) in [6.07, 6.45) is 6.92. The lowest BCUT2D eigenvalue weighted by Crippen LogP contribution is -2.27. The van der Waals surface area contributed by atoms with Crippen molar-refractivity contribution in [1.29, 1.82) is 0 Å². The molecule has 1 aliphatic carbocycles. The third-order valence-electron chi connectivity index (χ3n) is 3.74. The van der Waals surface area contributed by atoms with Gasteiger partial charge >= 0.3 is 0 Å². The van der Waals surface area contributed by atoms with Gasteiger partial charge in [0.05, 0.1) is 16.9 Å².